The SMILES string of the molecule is CC1=C[C@H](c2ccccc2)n2ncnc2N1. The number of allylic oxidation sites excluding steroid dienone is 2. The van der Waals surface area contributed by atoms with Crippen LogP contribution in [0.3, 0.4) is 0 Å². The van der Waals surface area contributed by atoms with E-state index in [-0.39, 0.29) is 6.04 Å². The molecular weight excluding hydrogens is 200 g/mol. The molecule has 1 aromatic heterocycles. The molecule has 1 aromatic carbocycles. The van der Waals surface area contributed by atoms with Gasteiger partial charge in [-0.2, -0.15) is 10.1 Å². The van der Waals surface area contributed by atoms with Gasteiger partial charge in [-0.1, -0.05) is 30.3 Å². The summed E-state index contributed by atoms with van der Waals surface area (Å²) in [5, 5.41) is 7.44. The monoisotopic (exact) mass is 212 g/mol. The van der Waals surface area contributed by atoms with E-state index in [0.29, 0.717) is 0 Å². The van der Waals surface area contributed by atoms with Gasteiger partial charge in [0.15, 0.2) is 0 Å². The van der Waals surface area contributed by atoms with Crippen molar-refractivity contribution in [1.29, 1.82) is 0 Å². The zero-order chi connectivity index (χ0) is 11.0. The Hall–Kier alpha value is -2.10. The Morgan fingerprint density at radius 1 is 1.25 bits per heavy atom. The molecule has 4 heteroatoms. The second kappa shape index (κ2) is 3.48. The number of fused-ring (bicyclic) bond motifs is 1. The standard InChI is InChI=1S/C12H12N4/c1-9-7-11(10-5-3-2-4-6-10)16-12(15-9)13-8-14-16/h2-8,11H,1H3,(H,13,14,15)/t11-/m1/s1. The summed E-state index contributed by atoms with van der Waals surface area (Å²) in [7, 11) is 0. The molecule has 1 aliphatic rings. The summed E-state index contributed by atoms with van der Waals surface area (Å²) in [5.41, 5.74) is 2.32. The molecule has 0 aliphatic carbocycles. The Labute approximate surface area is 93.6 Å². The van der Waals surface area contributed by atoms with Crippen molar-refractivity contribution in [2.45, 2.75) is 13.0 Å². The Balaban J connectivity index is 2.10. The topological polar surface area (TPSA) is 42.7 Å². The summed E-state index contributed by atoms with van der Waals surface area (Å²) in [5.74, 6) is 0.800. The van der Waals surface area contributed by atoms with Crippen LogP contribution in [0.2, 0.25) is 0 Å². The van der Waals surface area contributed by atoms with Gasteiger partial charge in [0, 0.05) is 5.70 Å². The number of aromatic nitrogens is 3. The van der Waals surface area contributed by atoms with Gasteiger partial charge in [-0.05, 0) is 18.6 Å². The smallest absolute Gasteiger partial charge is 0.226 e. The van der Waals surface area contributed by atoms with Crippen LogP contribution in [0.15, 0.2) is 48.4 Å². The summed E-state index contributed by atoms with van der Waals surface area (Å²) in [4.78, 5) is 4.18. The third-order valence-electron chi connectivity index (χ3n) is 2.69. The Bertz CT molecular complexity index is 527. The van der Waals surface area contributed by atoms with Crippen molar-refractivity contribution in [2.24, 2.45) is 0 Å². The third-order valence-corrected chi connectivity index (χ3v) is 2.69. The molecule has 0 bridgehead atoms. The van der Waals surface area contributed by atoms with Crippen LogP contribution in [0.25, 0.3) is 0 Å². The van der Waals surface area contributed by atoms with Gasteiger partial charge in [-0.3, -0.25) is 0 Å². The lowest BCUT2D eigenvalue weighted by Gasteiger charge is -2.22. The van der Waals surface area contributed by atoms with Crippen LogP contribution in [0.5, 0.6) is 0 Å². The van der Waals surface area contributed by atoms with E-state index in [1.54, 1.807) is 6.33 Å². The molecule has 80 valence electrons. The first-order valence-electron chi connectivity index (χ1n) is 5.24. The fourth-order valence-corrected chi connectivity index (χ4v) is 1.96. The molecule has 1 atom stereocenters. The minimum atomic E-state index is 0.139. The molecule has 0 fully saturated rings. The number of hydrogen-bond donors (Lipinski definition) is 1. The number of rotatable bonds is 1. The van der Waals surface area contributed by atoms with Crippen molar-refractivity contribution in [1.82, 2.24) is 14.8 Å². The van der Waals surface area contributed by atoms with E-state index in [1.807, 2.05) is 29.8 Å². The van der Waals surface area contributed by atoms with E-state index in [9.17, 15) is 0 Å². The van der Waals surface area contributed by atoms with Crippen molar-refractivity contribution >= 4 is 5.95 Å². The Morgan fingerprint density at radius 2 is 2.06 bits per heavy atom. The number of anilines is 1. The first-order chi connectivity index (χ1) is 7.84. The zero-order valence-electron chi connectivity index (χ0n) is 8.96. The number of nitrogens with zero attached hydrogens (tertiary/aromatic N) is 3. The van der Waals surface area contributed by atoms with Gasteiger partial charge in [0.1, 0.15) is 12.4 Å². The van der Waals surface area contributed by atoms with Crippen LogP contribution in [-0.2, 0) is 0 Å². The summed E-state index contributed by atoms with van der Waals surface area (Å²) < 4.78 is 1.89. The minimum Gasteiger partial charge on any atom is -0.329 e. The van der Waals surface area contributed by atoms with Crippen LogP contribution >= 0.6 is 0 Å². The molecule has 2 heterocycles. The summed E-state index contributed by atoms with van der Waals surface area (Å²) in [6.07, 6.45) is 3.72. The van der Waals surface area contributed by atoms with E-state index in [1.165, 1.54) is 5.56 Å². The van der Waals surface area contributed by atoms with Gasteiger partial charge in [0.25, 0.3) is 0 Å². The quantitative estimate of drug-likeness (QED) is 0.788. The van der Waals surface area contributed by atoms with Crippen LogP contribution in [-0.4, -0.2) is 14.8 Å². The maximum absolute atomic E-state index is 4.25. The highest BCUT2D eigenvalue weighted by Gasteiger charge is 2.20. The molecule has 2 aromatic rings. The Kier molecular flexibility index (Phi) is 1.99. The minimum absolute atomic E-state index is 0.139. The van der Waals surface area contributed by atoms with E-state index in [0.717, 1.165) is 11.6 Å². The lowest BCUT2D eigenvalue weighted by molar-refractivity contribution is 0.603. The maximum Gasteiger partial charge on any atom is 0.226 e. The predicted octanol–water partition coefficient (Wildman–Crippen LogP) is 2.20. The van der Waals surface area contributed by atoms with Crippen molar-refractivity contribution in [3.8, 4) is 0 Å². The van der Waals surface area contributed by atoms with E-state index in [2.05, 4.69) is 33.6 Å². The highest BCUT2D eigenvalue weighted by atomic mass is 15.4. The summed E-state index contributed by atoms with van der Waals surface area (Å²) in [6.45, 7) is 2.04. The maximum atomic E-state index is 4.25. The van der Waals surface area contributed by atoms with Gasteiger partial charge in [-0.15, -0.1) is 0 Å². The van der Waals surface area contributed by atoms with Crippen molar-refractivity contribution in [3.05, 3.63) is 54.0 Å². The van der Waals surface area contributed by atoms with Crippen LogP contribution in [0.4, 0.5) is 5.95 Å². The largest absolute Gasteiger partial charge is 0.329 e. The molecule has 0 saturated heterocycles. The Morgan fingerprint density at radius 3 is 2.88 bits per heavy atom. The van der Waals surface area contributed by atoms with Gasteiger partial charge < -0.3 is 5.32 Å². The number of hydrogen-bond acceptors (Lipinski definition) is 3. The number of nitrogens with one attached hydrogen (secondary N) is 1. The zero-order valence-corrected chi connectivity index (χ0v) is 8.96. The van der Waals surface area contributed by atoms with Crippen molar-refractivity contribution < 1.29 is 0 Å². The second-order valence-corrected chi connectivity index (χ2v) is 3.86. The van der Waals surface area contributed by atoms with E-state index in [4.69, 9.17) is 0 Å². The van der Waals surface area contributed by atoms with E-state index >= 15 is 0 Å². The lowest BCUT2D eigenvalue weighted by Crippen LogP contribution is -2.19. The lowest BCUT2D eigenvalue weighted by atomic mass is 10.1. The van der Waals surface area contributed by atoms with Crippen molar-refractivity contribution in [2.75, 3.05) is 5.32 Å². The van der Waals surface area contributed by atoms with Crippen LogP contribution in [0, 0.1) is 0 Å². The fourth-order valence-electron chi connectivity index (χ4n) is 1.96. The molecule has 0 unspecified atom stereocenters. The van der Waals surface area contributed by atoms with Crippen LogP contribution < -0.4 is 5.32 Å². The third kappa shape index (κ3) is 1.39. The van der Waals surface area contributed by atoms with Crippen LogP contribution in [0.1, 0.15) is 18.5 Å². The average Bonchev–Trinajstić information content (AvgIpc) is 2.77. The molecule has 0 spiro atoms. The fraction of sp³-hybridized carbons (Fsp3) is 0.167. The van der Waals surface area contributed by atoms with Gasteiger partial charge >= 0.3 is 0 Å². The molecule has 0 radical (unpaired) electrons. The normalized spacial score (nSPS) is 18.6. The molecule has 16 heavy (non-hydrogen) atoms. The highest BCUT2D eigenvalue weighted by molar-refractivity contribution is 5.41. The molecule has 0 amide bonds. The molecule has 1 aliphatic heterocycles. The number of benzene rings is 1. The molecular formula is C12H12N4. The summed E-state index contributed by atoms with van der Waals surface area (Å²) in [6, 6.07) is 10.4. The first kappa shape index (κ1) is 9.15. The van der Waals surface area contributed by atoms with Crippen molar-refractivity contribution in [3.63, 3.8) is 0 Å². The van der Waals surface area contributed by atoms with Gasteiger partial charge in [0.05, 0.1) is 0 Å². The molecule has 3 rings (SSSR count). The van der Waals surface area contributed by atoms with Gasteiger partial charge in [-0.25, -0.2) is 4.68 Å². The molecule has 0 saturated carbocycles. The summed E-state index contributed by atoms with van der Waals surface area (Å²) >= 11 is 0. The molecule has 4 nitrogen and oxygen atoms in total. The molecule has 1 N–H and O–H groups in total. The second-order valence-electron chi connectivity index (χ2n) is 3.86. The predicted molar refractivity (Wildman–Crippen MR) is 62.0 cm³/mol. The first-order valence-corrected chi connectivity index (χ1v) is 5.24. The average molecular weight is 212 g/mol. The highest BCUT2D eigenvalue weighted by Crippen LogP contribution is 2.27. The van der Waals surface area contributed by atoms with Gasteiger partial charge in [0.2, 0.25) is 5.95 Å². The van der Waals surface area contributed by atoms with E-state index < -0.39 is 0 Å².